The number of hydrogen-bond donors (Lipinski definition) is 4. The van der Waals surface area contributed by atoms with E-state index in [0.29, 0.717) is 5.56 Å². The monoisotopic (exact) mass is 452 g/mol. The van der Waals surface area contributed by atoms with Crippen molar-refractivity contribution in [3.8, 4) is 5.75 Å². The lowest BCUT2D eigenvalue weighted by Crippen LogP contribution is -2.57. The van der Waals surface area contributed by atoms with Crippen LogP contribution in [0.2, 0.25) is 0 Å². The lowest BCUT2D eigenvalue weighted by atomic mass is 9.74. The fourth-order valence-corrected chi connectivity index (χ4v) is 4.87. The van der Waals surface area contributed by atoms with Gasteiger partial charge in [-0.1, -0.05) is 36.4 Å². The SMILES string of the molecule is COC(=O)[C@H]1[C@@H](c2ccccc2O)N[C@@](Cc2c[nH]c3ccccc23)(C(=O)O)[C@@H]1C(=O)OC. The number of aromatic amines is 1. The highest BCUT2D eigenvalue weighted by Gasteiger charge is 2.64. The summed E-state index contributed by atoms with van der Waals surface area (Å²) < 4.78 is 9.93. The normalized spacial score (nSPS) is 24.5. The molecule has 0 spiro atoms. The van der Waals surface area contributed by atoms with Crippen LogP contribution in [0, 0.1) is 11.8 Å². The van der Waals surface area contributed by atoms with Gasteiger partial charge in [0.05, 0.1) is 26.2 Å². The van der Waals surface area contributed by atoms with Crippen molar-refractivity contribution < 1.29 is 34.1 Å². The molecule has 4 N–H and O–H groups in total. The largest absolute Gasteiger partial charge is 0.508 e. The fraction of sp³-hybridized carbons (Fsp3) is 0.292. The molecule has 1 fully saturated rings. The number of aliphatic carboxylic acids is 1. The molecule has 2 aromatic carbocycles. The first-order valence-electron chi connectivity index (χ1n) is 10.3. The van der Waals surface area contributed by atoms with Gasteiger partial charge in [-0.25, -0.2) is 0 Å². The summed E-state index contributed by atoms with van der Waals surface area (Å²) in [7, 11) is 2.31. The van der Waals surface area contributed by atoms with Crippen molar-refractivity contribution in [2.24, 2.45) is 11.8 Å². The summed E-state index contributed by atoms with van der Waals surface area (Å²) in [6.07, 6.45) is 1.57. The Morgan fingerprint density at radius 3 is 2.33 bits per heavy atom. The van der Waals surface area contributed by atoms with Gasteiger partial charge in [0, 0.05) is 29.1 Å². The number of carboxylic acid groups (broad SMARTS) is 1. The minimum absolute atomic E-state index is 0.121. The number of aromatic hydroxyl groups is 1. The highest BCUT2D eigenvalue weighted by Crippen LogP contribution is 2.48. The van der Waals surface area contributed by atoms with E-state index in [2.05, 4.69) is 10.3 Å². The number of esters is 2. The van der Waals surface area contributed by atoms with Crippen LogP contribution in [0.15, 0.2) is 54.7 Å². The van der Waals surface area contributed by atoms with Gasteiger partial charge in [0.25, 0.3) is 0 Å². The predicted molar refractivity (Wildman–Crippen MR) is 117 cm³/mol. The maximum Gasteiger partial charge on any atom is 0.325 e. The number of carboxylic acids is 1. The van der Waals surface area contributed by atoms with Gasteiger partial charge in [-0.15, -0.1) is 0 Å². The van der Waals surface area contributed by atoms with Gasteiger partial charge in [0.15, 0.2) is 0 Å². The molecule has 3 aromatic rings. The lowest BCUT2D eigenvalue weighted by molar-refractivity contribution is -0.163. The molecule has 4 atom stereocenters. The number of benzene rings is 2. The number of nitrogens with one attached hydrogen (secondary N) is 2. The van der Waals surface area contributed by atoms with Crippen LogP contribution in [0.1, 0.15) is 17.2 Å². The first kappa shape index (κ1) is 22.3. The zero-order valence-corrected chi connectivity index (χ0v) is 18.1. The molecule has 0 bridgehead atoms. The Morgan fingerprint density at radius 1 is 1.00 bits per heavy atom. The van der Waals surface area contributed by atoms with E-state index in [9.17, 15) is 24.6 Å². The van der Waals surface area contributed by atoms with Crippen molar-refractivity contribution in [3.63, 3.8) is 0 Å². The number of ether oxygens (including phenoxy) is 2. The molecule has 0 unspecified atom stereocenters. The number of hydrogen-bond acceptors (Lipinski definition) is 7. The molecule has 0 saturated carbocycles. The number of methoxy groups -OCH3 is 2. The fourth-order valence-electron chi connectivity index (χ4n) is 4.87. The molecule has 9 nitrogen and oxygen atoms in total. The number of rotatable bonds is 6. The summed E-state index contributed by atoms with van der Waals surface area (Å²) >= 11 is 0. The van der Waals surface area contributed by atoms with Gasteiger partial charge >= 0.3 is 17.9 Å². The number of carbonyl (C=O) groups is 3. The van der Waals surface area contributed by atoms with E-state index in [1.165, 1.54) is 13.2 Å². The van der Waals surface area contributed by atoms with Crippen LogP contribution >= 0.6 is 0 Å². The topological polar surface area (TPSA) is 138 Å². The zero-order chi connectivity index (χ0) is 23.8. The van der Waals surface area contributed by atoms with E-state index in [4.69, 9.17) is 9.47 Å². The average Bonchev–Trinajstić information content (AvgIpc) is 3.38. The maximum atomic E-state index is 13.0. The Labute approximate surface area is 189 Å². The molecule has 0 amide bonds. The van der Waals surface area contributed by atoms with E-state index < -0.39 is 41.3 Å². The standard InChI is InChI=1S/C24H24N2O7/c1-32-21(28)18-19(22(29)33-2)24(23(30)31,26-20(18)15-8-4-6-10-17(15)27)11-13-12-25-16-9-5-3-7-14(13)16/h3-10,12,18-20,25-27H,11H2,1-2H3,(H,30,31)/t18-,19+,20-,24-/m1/s1. The molecular weight excluding hydrogens is 428 g/mol. The summed E-state index contributed by atoms with van der Waals surface area (Å²) in [5, 5.41) is 24.7. The third-order valence-electron chi connectivity index (χ3n) is 6.39. The van der Waals surface area contributed by atoms with Gasteiger partial charge in [0.1, 0.15) is 17.2 Å². The molecule has 4 rings (SSSR count). The first-order chi connectivity index (χ1) is 15.8. The van der Waals surface area contributed by atoms with Crippen molar-refractivity contribution in [2.45, 2.75) is 18.0 Å². The molecule has 1 aliphatic heterocycles. The number of aromatic nitrogens is 1. The van der Waals surface area contributed by atoms with Crippen molar-refractivity contribution in [2.75, 3.05) is 14.2 Å². The molecule has 0 radical (unpaired) electrons. The van der Waals surface area contributed by atoms with Crippen molar-refractivity contribution in [3.05, 3.63) is 65.9 Å². The van der Waals surface area contributed by atoms with Gasteiger partial charge in [-0.05, 0) is 17.7 Å². The molecule has 1 aliphatic rings. The van der Waals surface area contributed by atoms with Crippen LogP contribution in [0.3, 0.4) is 0 Å². The summed E-state index contributed by atoms with van der Waals surface area (Å²) in [6.45, 7) is 0. The number of phenolic OH excluding ortho intramolecular Hbond substituents is 1. The molecule has 1 saturated heterocycles. The van der Waals surface area contributed by atoms with Gasteiger partial charge in [-0.2, -0.15) is 0 Å². The quantitative estimate of drug-likeness (QED) is 0.418. The van der Waals surface area contributed by atoms with Crippen LogP contribution < -0.4 is 5.32 Å². The predicted octanol–water partition coefficient (Wildman–Crippen LogP) is 2.16. The van der Waals surface area contributed by atoms with Crippen LogP contribution in [0.25, 0.3) is 10.9 Å². The zero-order valence-electron chi connectivity index (χ0n) is 18.1. The first-order valence-corrected chi connectivity index (χ1v) is 10.3. The van der Waals surface area contributed by atoms with Crippen LogP contribution in [-0.4, -0.2) is 52.9 Å². The Balaban J connectivity index is 1.91. The van der Waals surface area contributed by atoms with E-state index in [1.54, 1.807) is 24.4 Å². The van der Waals surface area contributed by atoms with Crippen LogP contribution in [0.4, 0.5) is 0 Å². The molecule has 0 aliphatic carbocycles. The molecule has 33 heavy (non-hydrogen) atoms. The molecule has 2 heterocycles. The third kappa shape index (κ3) is 3.60. The highest BCUT2D eigenvalue weighted by atomic mass is 16.5. The minimum Gasteiger partial charge on any atom is -0.508 e. The van der Waals surface area contributed by atoms with Gasteiger partial charge in [0.2, 0.25) is 0 Å². The van der Waals surface area contributed by atoms with E-state index in [1.807, 2.05) is 24.3 Å². The Hall–Kier alpha value is -3.85. The molecule has 1 aromatic heterocycles. The minimum atomic E-state index is -1.91. The average molecular weight is 452 g/mol. The Kier molecular flexibility index (Phi) is 5.82. The summed E-state index contributed by atoms with van der Waals surface area (Å²) in [5.41, 5.74) is -0.175. The van der Waals surface area contributed by atoms with Crippen LogP contribution in [-0.2, 0) is 30.3 Å². The van der Waals surface area contributed by atoms with E-state index in [-0.39, 0.29) is 17.7 Å². The highest BCUT2D eigenvalue weighted by molar-refractivity contribution is 5.94. The second-order valence-electron chi connectivity index (χ2n) is 8.04. The second kappa shape index (κ2) is 8.59. The van der Waals surface area contributed by atoms with Crippen molar-refractivity contribution in [1.29, 1.82) is 0 Å². The summed E-state index contributed by atoms with van der Waals surface area (Å²) in [5.74, 6) is -5.79. The third-order valence-corrected chi connectivity index (χ3v) is 6.39. The lowest BCUT2D eigenvalue weighted by Gasteiger charge is -2.31. The smallest absolute Gasteiger partial charge is 0.325 e. The number of phenols is 1. The summed E-state index contributed by atoms with van der Waals surface area (Å²) in [6, 6.07) is 12.6. The molecule has 9 heteroatoms. The number of carbonyl (C=O) groups excluding carboxylic acids is 2. The van der Waals surface area contributed by atoms with Gasteiger partial charge < -0.3 is 24.7 Å². The van der Waals surface area contributed by atoms with E-state index >= 15 is 0 Å². The molecular formula is C24H24N2O7. The second-order valence-corrected chi connectivity index (χ2v) is 8.04. The molecule has 172 valence electrons. The number of fused-ring (bicyclic) bond motifs is 1. The number of H-pyrrole nitrogens is 1. The van der Waals surface area contributed by atoms with Crippen molar-refractivity contribution in [1.82, 2.24) is 10.3 Å². The Bertz CT molecular complexity index is 1220. The van der Waals surface area contributed by atoms with Crippen molar-refractivity contribution >= 4 is 28.8 Å². The van der Waals surface area contributed by atoms with Gasteiger partial charge in [-0.3, -0.25) is 19.7 Å². The van der Waals surface area contributed by atoms with Crippen LogP contribution in [0.5, 0.6) is 5.75 Å². The maximum absolute atomic E-state index is 13.0. The Morgan fingerprint density at radius 2 is 1.67 bits per heavy atom. The summed E-state index contributed by atoms with van der Waals surface area (Å²) in [4.78, 5) is 41.9. The van der Waals surface area contributed by atoms with E-state index in [0.717, 1.165) is 18.0 Å². The number of para-hydroxylation sites is 2.